The van der Waals surface area contributed by atoms with Crippen LogP contribution in [-0.2, 0) is 28.8 Å². The first-order valence-electron chi connectivity index (χ1n) is 8.87. The Morgan fingerprint density at radius 2 is 1.33 bits per heavy atom. The van der Waals surface area contributed by atoms with E-state index in [1.54, 1.807) is 13.8 Å². The lowest BCUT2D eigenvalue weighted by atomic mass is 10.0. The summed E-state index contributed by atoms with van der Waals surface area (Å²) in [6.45, 7) is 3.18. The summed E-state index contributed by atoms with van der Waals surface area (Å²) in [5.74, 6) is -6.40. The maximum absolute atomic E-state index is 12.6. The van der Waals surface area contributed by atoms with E-state index in [0.29, 0.717) is 0 Å². The number of carboxylic acids is 1. The summed E-state index contributed by atoms with van der Waals surface area (Å²) in [6.07, 6.45) is -1.10. The Morgan fingerprint density at radius 1 is 0.833 bits per heavy atom. The molecule has 0 aliphatic carbocycles. The highest BCUT2D eigenvalue weighted by Gasteiger charge is 2.32. The third-order valence-electron chi connectivity index (χ3n) is 3.84. The van der Waals surface area contributed by atoms with Gasteiger partial charge in [0.05, 0.1) is 18.9 Å². The maximum atomic E-state index is 12.6. The molecule has 0 fully saturated rings. The number of hydrogen-bond donors (Lipinski definition) is 8. The summed E-state index contributed by atoms with van der Waals surface area (Å²) in [4.78, 5) is 70.3. The lowest BCUT2D eigenvalue weighted by Gasteiger charge is -2.26. The van der Waals surface area contributed by atoms with Crippen molar-refractivity contribution in [3.05, 3.63) is 0 Å². The molecule has 0 aliphatic rings. The van der Waals surface area contributed by atoms with Crippen LogP contribution in [0.3, 0.4) is 0 Å². The molecule has 30 heavy (non-hydrogen) atoms. The molecule has 0 aromatic rings. The lowest BCUT2D eigenvalue weighted by molar-refractivity contribution is -0.142. The van der Waals surface area contributed by atoms with Gasteiger partial charge in [-0.05, 0) is 5.92 Å². The van der Waals surface area contributed by atoms with Crippen molar-refractivity contribution < 1.29 is 33.9 Å². The third kappa shape index (κ3) is 9.56. The second-order valence-electron chi connectivity index (χ2n) is 6.82. The van der Waals surface area contributed by atoms with Gasteiger partial charge in [0.1, 0.15) is 18.1 Å². The number of carboxylic acid groups (broad SMARTS) is 1. The van der Waals surface area contributed by atoms with Crippen LogP contribution < -0.4 is 33.2 Å². The second kappa shape index (κ2) is 12.6. The van der Waals surface area contributed by atoms with E-state index in [1.807, 2.05) is 0 Å². The van der Waals surface area contributed by atoms with E-state index >= 15 is 0 Å². The molecule has 5 amide bonds. The highest BCUT2D eigenvalue weighted by atomic mass is 32.1. The molecule has 0 aromatic heterocycles. The number of amides is 5. The van der Waals surface area contributed by atoms with Gasteiger partial charge in [0.15, 0.2) is 0 Å². The Balaban J connectivity index is 5.38. The fourth-order valence-corrected chi connectivity index (χ4v) is 2.48. The maximum Gasteiger partial charge on any atom is 0.327 e. The number of thiol groups is 1. The van der Waals surface area contributed by atoms with Gasteiger partial charge in [-0.15, -0.1) is 0 Å². The van der Waals surface area contributed by atoms with Crippen LogP contribution in [0.2, 0.25) is 0 Å². The minimum atomic E-state index is -1.48. The van der Waals surface area contributed by atoms with Crippen LogP contribution in [0.25, 0.3) is 0 Å². The normalized spacial score (nSPS) is 14.7. The smallest absolute Gasteiger partial charge is 0.327 e. The molecule has 0 saturated heterocycles. The molecule has 170 valence electrons. The molecule has 4 atom stereocenters. The fraction of sp³-hybridized carbons (Fsp3) is 0.625. The van der Waals surface area contributed by atoms with Crippen molar-refractivity contribution in [3.63, 3.8) is 0 Å². The highest BCUT2D eigenvalue weighted by molar-refractivity contribution is 7.80. The van der Waals surface area contributed by atoms with Gasteiger partial charge in [0.2, 0.25) is 29.5 Å². The van der Waals surface area contributed by atoms with Crippen molar-refractivity contribution in [2.75, 3.05) is 5.75 Å². The zero-order valence-electron chi connectivity index (χ0n) is 16.6. The van der Waals surface area contributed by atoms with E-state index < -0.39 is 78.4 Å². The predicted octanol–water partition coefficient (Wildman–Crippen LogP) is -3.81. The molecule has 0 bridgehead atoms. The van der Waals surface area contributed by atoms with E-state index in [2.05, 4.69) is 28.6 Å². The lowest BCUT2D eigenvalue weighted by Crippen LogP contribution is -2.59. The Bertz CT molecular complexity index is 687. The third-order valence-corrected chi connectivity index (χ3v) is 4.21. The molecular weight excluding hydrogens is 420 g/mol. The van der Waals surface area contributed by atoms with Crippen LogP contribution in [0.5, 0.6) is 0 Å². The molecular formula is C16H28N6O7S. The summed E-state index contributed by atoms with van der Waals surface area (Å²) in [5.41, 5.74) is 15.6. The summed E-state index contributed by atoms with van der Waals surface area (Å²) in [5, 5.41) is 15.8. The topological polar surface area (TPSA) is 237 Å². The first-order chi connectivity index (χ1) is 13.8. The Kier molecular flexibility index (Phi) is 11.4. The second-order valence-corrected chi connectivity index (χ2v) is 7.19. The van der Waals surface area contributed by atoms with E-state index in [1.165, 1.54) is 0 Å². The molecule has 0 spiro atoms. The summed E-state index contributed by atoms with van der Waals surface area (Å²) >= 11 is 3.84. The van der Waals surface area contributed by atoms with Crippen molar-refractivity contribution in [1.29, 1.82) is 0 Å². The Hall–Kier alpha value is -2.87. The number of carbonyl (C=O) groups excluding carboxylic acids is 5. The van der Waals surface area contributed by atoms with Gasteiger partial charge >= 0.3 is 5.97 Å². The van der Waals surface area contributed by atoms with Crippen molar-refractivity contribution in [3.8, 4) is 0 Å². The molecule has 0 saturated carbocycles. The van der Waals surface area contributed by atoms with Crippen LogP contribution in [0, 0.1) is 5.92 Å². The fourth-order valence-electron chi connectivity index (χ4n) is 2.23. The zero-order valence-corrected chi connectivity index (χ0v) is 17.5. The molecule has 0 heterocycles. The molecule has 0 rings (SSSR count). The van der Waals surface area contributed by atoms with E-state index in [-0.39, 0.29) is 5.75 Å². The van der Waals surface area contributed by atoms with Gasteiger partial charge in [-0.1, -0.05) is 13.8 Å². The van der Waals surface area contributed by atoms with Crippen molar-refractivity contribution >= 4 is 48.1 Å². The first-order valence-corrected chi connectivity index (χ1v) is 9.50. The van der Waals surface area contributed by atoms with Crippen molar-refractivity contribution in [2.45, 2.75) is 50.9 Å². The molecule has 13 nitrogen and oxygen atoms in total. The first kappa shape index (κ1) is 27.1. The van der Waals surface area contributed by atoms with Crippen LogP contribution in [0.15, 0.2) is 0 Å². The number of carbonyl (C=O) groups is 6. The molecule has 0 radical (unpaired) electrons. The average molecular weight is 449 g/mol. The quantitative estimate of drug-likeness (QED) is 0.130. The molecule has 10 N–H and O–H groups in total. The number of rotatable bonds is 13. The molecule has 0 aliphatic heterocycles. The minimum absolute atomic E-state index is 0.183. The monoisotopic (exact) mass is 448 g/mol. The predicted molar refractivity (Wildman–Crippen MR) is 108 cm³/mol. The largest absolute Gasteiger partial charge is 0.480 e. The van der Waals surface area contributed by atoms with Crippen molar-refractivity contribution in [2.24, 2.45) is 23.1 Å². The summed E-state index contributed by atoms with van der Waals surface area (Å²) in [6, 6.07) is -5.32. The van der Waals surface area contributed by atoms with Gasteiger partial charge in [0, 0.05) is 5.75 Å². The van der Waals surface area contributed by atoms with Crippen LogP contribution >= 0.6 is 12.6 Å². The van der Waals surface area contributed by atoms with Crippen LogP contribution in [0.4, 0.5) is 0 Å². The van der Waals surface area contributed by atoms with E-state index in [4.69, 9.17) is 22.3 Å². The Labute approximate surface area is 178 Å². The van der Waals surface area contributed by atoms with Gasteiger partial charge in [-0.2, -0.15) is 12.6 Å². The van der Waals surface area contributed by atoms with Gasteiger partial charge in [0.25, 0.3) is 0 Å². The number of aliphatic carboxylic acids is 1. The molecule has 14 heteroatoms. The number of primary amides is 2. The van der Waals surface area contributed by atoms with Crippen LogP contribution in [-0.4, -0.2) is 70.5 Å². The highest BCUT2D eigenvalue weighted by Crippen LogP contribution is 2.05. The molecule has 4 unspecified atom stereocenters. The van der Waals surface area contributed by atoms with Crippen molar-refractivity contribution in [1.82, 2.24) is 16.0 Å². The minimum Gasteiger partial charge on any atom is -0.480 e. The van der Waals surface area contributed by atoms with Gasteiger partial charge in [-0.3, -0.25) is 24.0 Å². The number of nitrogens with one attached hydrogen (secondary N) is 3. The molecule has 0 aromatic carbocycles. The van der Waals surface area contributed by atoms with E-state index in [9.17, 15) is 28.8 Å². The SMILES string of the molecule is CC(C)C(NC(=O)C(CC(N)=O)NC(=O)C(N)CC(N)=O)C(=O)NC(CS)C(=O)O. The Morgan fingerprint density at radius 3 is 1.73 bits per heavy atom. The summed E-state index contributed by atoms with van der Waals surface area (Å²) < 4.78 is 0. The number of hydrogen-bond acceptors (Lipinski definition) is 8. The standard InChI is InChI=1S/C16H28N6O7S/c1-6(2)12(15(27)21-9(5-30)16(28)29)22-14(26)8(4-11(19)24)20-13(25)7(17)3-10(18)23/h6-9,12,30H,3-5,17H2,1-2H3,(H2,18,23)(H2,19,24)(H,20,25)(H,21,27)(H,22,26)(H,28,29). The van der Waals surface area contributed by atoms with Gasteiger partial charge < -0.3 is 38.3 Å². The van der Waals surface area contributed by atoms with Gasteiger partial charge in [-0.25, -0.2) is 4.79 Å². The summed E-state index contributed by atoms with van der Waals surface area (Å²) in [7, 11) is 0. The zero-order chi connectivity index (χ0) is 23.6. The van der Waals surface area contributed by atoms with E-state index in [0.717, 1.165) is 0 Å². The average Bonchev–Trinajstić information content (AvgIpc) is 2.61. The van der Waals surface area contributed by atoms with Crippen LogP contribution in [0.1, 0.15) is 26.7 Å². The number of nitrogens with two attached hydrogens (primary N) is 3.